The fourth-order valence-electron chi connectivity index (χ4n) is 2.01. The molecule has 2 aromatic rings. The predicted octanol–water partition coefficient (Wildman–Crippen LogP) is 0.795. The fraction of sp³-hybridized carbons (Fsp3) is 0.308. The molecule has 0 bridgehead atoms. The third-order valence-corrected chi connectivity index (χ3v) is 4.05. The Kier molecular flexibility index (Phi) is 3.80. The molecule has 8 heteroatoms. The van der Waals surface area contributed by atoms with Gasteiger partial charge in [0.25, 0.3) is 0 Å². The Balaban J connectivity index is 1.94. The summed E-state index contributed by atoms with van der Waals surface area (Å²) in [4.78, 5) is 24.2. The molecule has 0 radical (unpaired) electrons. The van der Waals surface area contributed by atoms with Crippen LogP contribution in [0.4, 0.5) is 5.69 Å². The van der Waals surface area contributed by atoms with Crippen molar-refractivity contribution in [2.45, 2.75) is 17.7 Å². The number of nitrogens with one attached hydrogen (secondary N) is 1. The molecule has 2 N–H and O–H groups in total. The number of aryl methyl sites for hydroxylation is 1. The lowest BCUT2D eigenvalue weighted by molar-refractivity contribution is -0.113. The van der Waals surface area contributed by atoms with Gasteiger partial charge in [0.05, 0.1) is 17.1 Å². The number of anilines is 1. The molecule has 0 fully saturated rings. The highest BCUT2D eigenvalue weighted by Crippen LogP contribution is 2.32. The molecule has 2 heterocycles. The normalized spacial score (nSPS) is 13.9. The number of carbonyl (C=O) groups is 1. The molecule has 21 heavy (non-hydrogen) atoms. The summed E-state index contributed by atoms with van der Waals surface area (Å²) in [5.41, 5.74) is 1.20. The summed E-state index contributed by atoms with van der Waals surface area (Å²) in [5.74, 6) is 0.0188. The van der Waals surface area contributed by atoms with E-state index in [2.05, 4.69) is 10.4 Å². The Morgan fingerprint density at radius 2 is 2.29 bits per heavy atom. The maximum atomic E-state index is 11.8. The molecule has 0 unspecified atom stereocenters. The third-order valence-electron chi connectivity index (χ3n) is 2.98. The molecule has 1 aromatic heterocycles. The van der Waals surface area contributed by atoms with Crippen LogP contribution < -0.4 is 11.1 Å². The minimum Gasteiger partial charge on any atom is -0.396 e. The number of nitrogens with zero attached hydrogens (tertiary/aromatic N) is 2. The second kappa shape index (κ2) is 5.74. The molecule has 0 aliphatic carbocycles. The van der Waals surface area contributed by atoms with Gasteiger partial charge in [-0.3, -0.25) is 4.79 Å². The lowest BCUT2D eigenvalue weighted by Crippen LogP contribution is -2.20. The molecule has 0 atom stereocenters. The average molecular weight is 307 g/mol. The van der Waals surface area contributed by atoms with E-state index in [1.54, 1.807) is 12.1 Å². The third kappa shape index (κ3) is 2.86. The SMILES string of the molecule is O=C1CSc2ccc(-n3nc(CCCO)oc3=O)cc2N1. The zero-order valence-corrected chi connectivity index (χ0v) is 11.9. The average Bonchev–Trinajstić information content (AvgIpc) is 2.85. The van der Waals surface area contributed by atoms with Crippen LogP contribution in [0.15, 0.2) is 32.3 Å². The summed E-state index contributed by atoms with van der Waals surface area (Å²) in [6.07, 6.45) is 0.882. The van der Waals surface area contributed by atoms with Crippen LogP contribution in [0.2, 0.25) is 0 Å². The summed E-state index contributed by atoms with van der Waals surface area (Å²) in [5, 5.41) is 15.6. The number of carbonyl (C=O) groups excluding carboxylic acids is 1. The number of fused-ring (bicyclic) bond motifs is 1. The molecule has 1 aliphatic heterocycles. The van der Waals surface area contributed by atoms with Gasteiger partial charge in [-0.1, -0.05) is 0 Å². The Morgan fingerprint density at radius 3 is 3.10 bits per heavy atom. The van der Waals surface area contributed by atoms with Gasteiger partial charge in [-0.15, -0.1) is 16.9 Å². The second-order valence-corrected chi connectivity index (χ2v) is 5.54. The summed E-state index contributed by atoms with van der Waals surface area (Å²) in [6.45, 7) is 0.0126. The molecule has 0 spiro atoms. The van der Waals surface area contributed by atoms with Crippen LogP contribution in [0.25, 0.3) is 5.69 Å². The molecule has 7 nitrogen and oxygen atoms in total. The van der Waals surface area contributed by atoms with E-state index in [1.807, 2.05) is 6.07 Å². The van der Waals surface area contributed by atoms with E-state index in [1.165, 1.54) is 11.8 Å². The number of hydrogen-bond donors (Lipinski definition) is 2. The molecule has 3 rings (SSSR count). The summed E-state index contributed by atoms with van der Waals surface area (Å²) >= 11 is 1.45. The molecule has 1 aromatic carbocycles. The van der Waals surface area contributed by atoms with Crippen LogP contribution in [-0.4, -0.2) is 33.2 Å². The Morgan fingerprint density at radius 1 is 1.43 bits per heavy atom. The van der Waals surface area contributed by atoms with Crippen molar-refractivity contribution in [1.82, 2.24) is 9.78 Å². The van der Waals surface area contributed by atoms with Crippen molar-refractivity contribution < 1.29 is 14.3 Å². The van der Waals surface area contributed by atoms with E-state index in [0.717, 1.165) is 9.58 Å². The molecule has 1 aliphatic rings. The topological polar surface area (TPSA) is 97.4 Å². The van der Waals surface area contributed by atoms with Crippen molar-refractivity contribution >= 4 is 23.4 Å². The molecular formula is C13H13N3O4S. The molecule has 0 saturated heterocycles. The standard InChI is InChI=1S/C13H13N3O4S/c17-5-1-2-12-15-16(13(19)20-12)8-3-4-10-9(6-8)14-11(18)7-21-10/h3-4,6,17H,1-2,5,7H2,(H,14,18). The summed E-state index contributed by atoms with van der Waals surface area (Å²) in [6, 6.07) is 5.28. The number of rotatable bonds is 4. The first kappa shape index (κ1) is 13.9. The summed E-state index contributed by atoms with van der Waals surface area (Å²) in [7, 11) is 0. The van der Waals surface area contributed by atoms with Gasteiger partial charge >= 0.3 is 5.76 Å². The number of benzene rings is 1. The van der Waals surface area contributed by atoms with E-state index < -0.39 is 5.76 Å². The van der Waals surface area contributed by atoms with Gasteiger partial charge < -0.3 is 14.8 Å². The number of aliphatic hydroxyl groups excluding tert-OH is 1. The number of amides is 1. The zero-order chi connectivity index (χ0) is 14.8. The molecule has 110 valence electrons. The number of thioether (sulfide) groups is 1. The smallest absolute Gasteiger partial charge is 0.396 e. The van der Waals surface area contributed by atoms with Gasteiger partial charge in [-0.05, 0) is 24.6 Å². The van der Waals surface area contributed by atoms with Crippen molar-refractivity contribution in [3.05, 3.63) is 34.6 Å². The molecule has 1 amide bonds. The van der Waals surface area contributed by atoms with Crippen molar-refractivity contribution in [3.63, 3.8) is 0 Å². The van der Waals surface area contributed by atoms with Crippen LogP contribution >= 0.6 is 11.8 Å². The molecular weight excluding hydrogens is 294 g/mol. The van der Waals surface area contributed by atoms with Crippen molar-refractivity contribution in [2.24, 2.45) is 0 Å². The first-order valence-electron chi connectivity index (χ1n) is 6.44. The van der Waals surface area contributed by atoms with Crippen LogP contribution in [0.1, 0.15) is 12.3 Å². The Labute approximate surface area is 124 Å². The lowest BCUT2D eigenvalue weighted by Gasteiger charge is -2.16. The first-order chi connectivity index (χ1) is 10.2. The Hall–Kier alpha value is -2.06. The van der Waals surface area contributed by atoms with E-state index >= 15 is 0 Å². The van der Waals surface area contributed by atoms with Crippen molar-refractivity contribution in [3.8, 4) is 5.69 Å². The van der Waals surface area contributed by atoms with Gasteiger partial charge in [0.1, 0.15) is 0 Å². The lowest BCUT2D eigenvalue weighted by atomic mass is 10.2. The highest BCUT2D eigenvalue weighted by Gasteiger charge is 2.17. The summed E-state index contributed by atoms with van der Waals surface area (Å²) < 4.78 is 6.18. The van der Waals surface area contributed by atoms with Crippen LogP contribution in [0.3, 0.4) is 0 Å². The van der Waals surface area contributed by atoms with E-state index in [-0.39, 0.29) is 18.4 Å². The van der Waals surface area contributed by atoms with Crippen LogP contribution in [0.5, 0.6) is 0 Å². The fourth-order valence-corrected chi connectivity index (χ4v) is 2.80. The predicted molar refractivity (Wildman–Crippen MR) is 76.9 cm³/mol. The van der Waals surface area contributed by atoms with Crippen molar-refractivity contribution in [2.75, 3.05) is 17.7 Å². The maximum absolute atomic E-state index is 11.8. The van der Waals surface area contributed by atoms with E-state index in [9.17, 15) is 9.59 Å². The maximum Gasteiger partial charge on any atom is 0.441 e. The monoisotopic (exact) mass is 307 g/mol. The zero-order valence-electron chi connectivity index (χ0n) is 11.0. The van der Waals surface area contributed by atoms with E-state index in [0.29, 0.717) is 30.0 Å². The number of aromatic nitrogens is 2. The van der Waals surface area contributed by atoms with Gasteiger partial charge in [0.15, 0.2) is 0 Å². The minimum absolute atomic E-state index is 0.0126. The van der Waals surface area contributed by atoms with Gasteiger partial charge in [0.2, 0.25) is 11.8 Å². The second-order valence-electron chi connectivity index (χ2n) is 4.52. The van der Waals surface area contributed by atoms with Gasteiger partial charge in [0, 0.05) is 17.9 Å². The highest BCUT2D eigenvalue weighted by atomic mass is 32.2. The largest absolute Gasteiger partial charge is 0.441 e. The number of aliphatic hydroxyl groups is 1. The quantitative estimate of drug-likeness (QED) is 0.867. The van der Waals surface area contributed by atoms with E-state index in [4.69, 9.17) is 9.52 Å². The van der Waals surface area contributed by atoms with Crippen LogP contribution in [-0.2, 0) is 11.2 Å². The highest BCUT2D eigenvalue weighted by molar-refractivity contribution is 8.00. The molecule has 0 saturated carbocycles. The van der Waals surface area contributed by atoms with Crippen LogP contribution in [0, 0.1) is 0 Å². The van der Waals surface area contributed by atoms with Gasteiger partial charge in [-0.25, -0.2) is 4.79 Å². The Bertz CT molecular complexity index is 737. The van der Waals surface area contributed by atoms with Gasteiger partial charge in [-0.2, -0.15) is 4.68 Å². The number of hydrogen-bond acceptors (Lipinski definition) is 6. The first-order valence-corrected chi connectivity index (χ1v) is 7.43. The van der Waals surface area contributed by atoms with Crippen molar-refractivity contribution in [1.29, 1.82) is 0 Å². The minimum atomic E-state index is -0.585.